The Morgan fingerprint density at radius 2 is 1.76 bits per heavy atom. The normalized spacial score (nSPS) is 11.1. The summed E-state index contributed by atoms with van der Waals surface area (Å²) in [6.45, 7) is 5.05. The number of non-ortho nitro benzene ring substituents is 1. The summed E-state index contributed by atoms with van der Waals surface area (Å²) in [4.78, 5) is 23.1. The molecule has 156 valence electrons. The number of nitrogens with one attached hydrogen (secondary N) is 1. The molecule has 0 aromatic heterocycles. The molecule has 29 heavy (non-hydrogen) atoms. The number of carbonyl (C=O) groups is 1. The van der Waals surface area contributed by atoms with Gasteiger partial charge in [-0.1, -0.05) is 17.7 Å². The quantitative estimate of drug-likeness (QED) is 0.542. The largest absolute Gasteiger partial charge is 0.495 e. The van der Waals surface area contributed by atoms with Crippen LogP contribution in [0.5, 0.6) is 5.75 Å². The highest BCUT2D eigenvalue weighted by Crippen LogP contribution is 2.33. The van der Waals surface area contributed by atoms with Gasteiger partial charge in [-0.15, -0.1) is 0 Å². The maximum absolute atomic E-state index is 12.7. The Balaban J connectivity index is 2.42. The first-order valence-corrected chi connectivity index (χ1v) is 10.5. The third kappa shape index (κ3) is 5.23. The smallest absolute Gasteiger partial charge is 0.271 e. The van der Waals surface area contributed by atoms with E-state index >= 15 is 0 Å². The van der Waals surface area contributed by atoms with Crippen LogP contribution in [0.25, 0.3) is 0 Å². The van der Waals surface area contributed by atoms with Gasteiger partial charge in [0.25, 0.3) is 5.69 Å². The second-order valence-electron chi connectivity index (χ2n) is 6.70. The summed E-state index contributed by atoms with van der Waals surface area (Å²) in [6.07, 6.45) is 0.918. The van der Waals surface area contributed by atoms with Crippen molar-refractivity contribution < 1.29 is 22.9 Å². The van der Waals surface area contributed by atoms with Crippen molar-refractivity contribution in [2.75, 3.05) is 29.5 Å². The zero-order valence-electron chi connectivity index (χ0n) is 16.8. The summed E-state index contributed by atoms with van der Waals surface area (Å²) >= 11 is 0. The lowest BCUT2D eigenvalue weighted by molar-refractivity contribution is -0.384. The van der Waals surface area contributed by atoms with E-state index in [1.54, 1.807) is 0 Å². The number of hydrogen-bond acceptors (Lipinski definition) is 6. The first kappa shape index (κ1) is 22.2. The number of rotatable bonds is 7. The van der Waals surface area contributed by atoms with Gasteiger partial charge in [-0.3, -0.25) is 19.2 Å². The van der Waals surface area contributed by atoms with Crippen LogP contribution in [0, 0.1) is 30.9 Å². The van der Waals surface area contributed by atoms with E-state index < -0.39 is 27.4 Å². The number of nitro groups is 1. The van der Waals surface area contributed by atoms with Crippen molar-refractivity contribution in [1.29, 1.82) is 0 Å². The van der Waals surface area contributed by atoms with Gasteiger partial charge in [0.1, 0.15) is 18.0 Å². The Labute approximate surface area is 169 Å². The number of nitrogens with zero attached hydrogens (tertiary/aromatic N) is 2. The highest BCUT2D eigenvalue weighted by atomic mass is 32.2. The summed E-state index contributed by atoms with van der Waals surface area (Å²) < 4.78 is 30.7. The number of aryl methyl sites for hydroxylation is 3. The van der Waals surface area contributed by atoms with Crippen molar-refractivity contribution in [3.8, 4) is 5.75 Å². The van der Waals surface area contributed by atoms with Crippen molar-refractivity contribution in [1.82, 2.24) is 0 Å². The summed E-state index contributed by atoms with van der Waals surface area (Å²) in [6, 6.07) is 7.36. The molecular weight excluding hydrogens is 398 g/mol. The summed E-state index contributed by atoms with van der Waals surface area (Å²) in [5.41, 5.74) is 2.92. The van der Waals surface area contributed by atoms with Crippen LogP contribution in [0.2, 0.25) is 0 Å². The molecule has 1 N–H and O–H groups in total. The second-order valence-corrected chi connectivity index (χ2v) is 8.61. The van der Waals surface area contributed by atoms with Crippen LogP contribution in [0.1, 0.15) is 16.7 Å². The standard InChI is InChI=1S/C19H23N3O6S/c1-12-8-13(2)19(14(3)9-12)20-18(23)11-21(29(5,26)27)16-10-15(22(24)25)6-7-17(16)28-4/h6-10H,11H2,1-5H3,(H,20,23). The molecular formula is C19H23N3O6S. The first-order chi connectivity index (χ1) is 13.4. The molecule has 0 atom stereocenters. The van der Waals surface area contributed by atoms with E-state index in [0.29, 0.717) is 5.69 Å². The molecule has 2 aromatic rings. The number of methoxy groups -OCH3 is 1. The molecule has 0 aliphatic heterocycles. The highest BCUT2D eigenvalue weighted by molar-refractivity contribution is 7.92. The molecule has 0 unspecified atom stereocenters. The number of benzene rings is 2. The van der Waals surface area contributed by atoms with E-state index in [4.69, 9.17) is 4.74 Å². The van der Waals surface area contributed by atoms with Crippen molar-refractivity contribution >= 4 is 33.0 Å². The maximum Gasteiger partial charge on any atom is 0.271 e. The van der Waals surface area contributed by atoms with Crippen LogP contribution in [-0.4, -0.2) is 39.2 Å². The van der Waals surface area contributed by atoms with Gasteiger partial charge in [-0.25, -0.2) is 8.42 Å². The molecule has 2 aromatic carbocycles. The molecule has 0 saturated carbocycles. The van der Waals surface area contributed by atoms with E-state index in [1.807, 2.05) is 32.9 Å². The molecule has 0 radical (unpaired) electrons. The number of hydrogen-bond donors (Lipinski definition) is 1. The number of nitro benzene ring substituents is 1. The Bertz CT molecular complexity index is 1040. The summed E-state index contributed by atoms with van der Waals surface area (Å²) in [5.74, 6) is -0.490. The number of amides is 1. The Morgan fingerprint density at radius 3 is 2.24 bits per heavy atom. The van der Waals surface area contributed by atoms with Crippen LogP contribution in [0.3, 0.4) is 0 Å². The van der Waals surface area contributed by atoms with Gasteiger partial charge in [-0.2, -0.15) is 0 Å². The Morgan fingerprint density at radius 1 is 1.17 bits per heavy atom. The topological polar surface area (TPSA) is 119 Å². The molecule has 0 aliphatic carbocycles. The molecule has 0 bridgehead atoms. The van der Waals surface area contributed by atoms with Gasteiger partial charge in [-0.05, 0) is 38.0 Å². The molecule has 0 aliphatic rings. The van der Waals surface area contributed by atoms with Gasteiger partial charge in [0.05, 0.1) is 18.3 Å². The van der Waals surface area contributed by atoms with E-state index in [0.717, 1.165) is 33.3 Å². The fourth-order valence-corrected chi connectivity index (χ4v) is 3.91. The lowest BCUT2D eigenvalue weighted by Crippen LogP contribution is -2.38. The minimum atomic E-state index is -3.94. The SMILES string of the molecule is COc1ccc([N+](=O)[O-])cc1N(CC(=O)Nc1c(C)cc(C)cc1C)S(C)(=O)=O. The monoisotopic (exact) mass is 421 g/mol. The van der Waals surface area contributed by atoms with Crippen LogP contribution in [0.4, 0.5) is 17.1 Å². The van der Waals surface area contributed by atoms with Crippen LogP contribution in [-0.2, 0) is 14.8 Å². The zero-order valence-corrected chi connectivity index (χ0v) is 17.7. The van der Waals surface area contributed by atoms with Crippen molar-refractivity contribution in [3.63, 3.8) is 0 Å². The number of carbonyl (C=O) groups excluding carboxylic acids is 1. The zero-order chi connectivity index (χ0) is 21.9. The van der Waals surface area contributed by atoms with Gasteiger partial charge in [0.15, 0.2) is 0 Å². The summed E-state index contributed by atoms with van der Waals surface area (Å²) in [5, 5.41) is 13.8. The van der Waals surface area contributed by atoms with E-state index in [9.17, 15) is 23.3 Å². The predicted molar refractivity (Wildman–Crippen MR) is 111 cm³/mol. The molecule has 2 rings (SSSR count). The van der Waals surface area contributed by atoms with Crippen LogP contribution in [0.15, 0.2) is 30.3 Å². The van der Waals surface area contributed by atoms with Crippen LogP contribution >= 0.6 is 0 Å². The lowest BCUT2D eigenvalue weighted by atomic mass is 10.1. The maximum atomic E-state index is 12.7. The average Bonchev–Trinajstić information content (AvgIpc) is 2.61. The number of sulfonamides is 1. The first-order valence-electron chi connectivity index (χ1n) is 8.62. The van der Waals surface area contributed by atoms with E-state index in [2.05, 4.69) is 5.32 Å². The molecule has 0 fully saturated rings. The molecule has 0 saturated heterocycles. The third-order valence-corrected chi connectivity index (χ3v) is 5.40. The van der Waals surface area contributed by atoms with Crippen molar-refractivity contribution in [3.05, 3.63) is 57.1 Å². The van der Waals surface area contributed by atoms with E-state index in [1.165, 1.54) is 19.2 Å². The fraction of sp³-hybridized carbons (Fsp3) is 0.316. The minimum absolute atomic E-state index is 0.0864. The van der Waals surface area contributed by atoms with Gasteiger partial charge < -0.3 is 10.1 Å². The summed E-state index contributed by atoms with van der Waals surface area (Å²) in [7, 11) is -2.63. The lowest BCUT2D eigenvalue weighted by Gasteiger charge is -2.24. The minimum Gasteiger partial charge on any atom is -0.495 e. The average molecular weight is 421 g/mol. The highest BCUT2D eigenvalue weighted by Gasteiger charge is 2.26. The van der Waals surface area contributed by atoms with Crippen molar-refractivity contribution in [2.45, 2.75) is 20.8 Å². The number of ether oxygens (including phenoxy) is 1. The molecule has 9 nitrogen and oxygen atoms in total. The molecule has 0 heterocycles. The van der Waals surface area contributed by atoms with Gasteiger partial charge in [0, 0.05) is 17.8 Å². The Hall–Kier alpha value is -3.14. The molecule has 1 amide bonds. The fourth-order valence-electron chi connectivity index (χ4n) is 3.05. The van der Waals surface area contributed by atoms with Crippen LogP contribution < -0.4 is 14.4 Å². The van der Waals surface area contributed by atoms with E-state index in [-0.39, 0.29) is 17.1 Å². The molecule has 10 heteroatoms. The second kappa shape index (κ2) is 8.48. The third-order valence-electron chi connectivity index (χ3n) is 4.27. The number of anilines is 2. The van der Waals surface area contributed by atoms with Crippen molar-refractivity contribution in [2.24, 2.45) is 0 Å². The molecule has 0 spiro atoms. The van der Waals surface area contributed by atoms with Gasteiger partial charge >= 0.3 is 0 Å². The van der Waals surface area contributed by atoms with Gasteiger partial charge in [0.2, 0.25) is 15.9 Å². The predicted octanol–water partition coefficient (Wildman–Crippen LogP) is 2.93. The Kier molecular flexibility index (Phi) is 6.48.